The molecule has 2 aromatic rings. The average Bonchev–Trinajstić information content (AvgIpc) is 2.89. The van der Waals surface area contributed by atoms with Crippen molar-refractivity contribution in [1.82, 2.24) is 9.88 Å². The quantitative estimate of drug-likeness (QED) is 0.790. The smallest absolute Gasteiger partial charge is 0.224 e. The summed E-state index contributed by atoms with van der Waals surface area (Å²) in [5.41, 5.74) is 1.01. The van der Waals surface area contributed by atoms with Crippen molar-refractivity contribution >= 4 is 5.91 Å². The SMILES string of the molecule is COc1ccc(OCCNC(=O)Cc2ccn(C)c2)cc1. The molecule has 1 heterocycles. The van der Waals surface area contributed by atoms with E-state index in [1.54, 1.807) is 7.11 Å². The van der Waals surface area contributed by atoms with E-state index in [4.69, 9.17) is 9.47 Å². The molecule has 21 heavy (non-hydrogen) atoms. The molecule has 0 aliphatic rings. The van der Waals surface area contributed by atoms with Crippen LogP contribution < -0.4 is 14.8 Å². The van der Waals surface area contributed by atoms with Gasteiger partial charge in [-0.15, -0.1) is 0 Å². The minimum atomic E-state index is -0.000434. The van der Waals surface area contributed by atoms with Crippen molar-refractivity contribution in [3.05, 3.63) is 48.3 Å². The van der Waals surface area contributed by atoms with Crippen LogP contribution in [-0.2, 0) is 18.3 Å². The van der Waals surface area contributed by atoms with Gasteiger partial charge < -0.3 is 19.4 Å². The van der Waals surface area contributed by atoms with E-state index in [-0.39, 0.29) is 5.91 Å². The molecule has 1 aromatic carbocycles. The van der Waals surface area contributed by atoms with Crippen LogP contribution in [0.15, 0.2) is 42.7 Å². The Morgan fingerprint density at radius 3 is 2.52 bits per heavy atom. The third-order valence-corrected chi connectivity index (χ3v) is 3.01. The van der Waals surface area contributed by atoms with Gasteiger partial charge in [-0.2, -0.15) is 0 Å². The van der Waals surface area contributed by atoms with Gasteiger partial charge in [0.15, 0.2) is 0 Å². The second kappa shape index (κ2) is 7.38. The molecule has 0 saturated carbocycles. The maximum Gasteiger partial charge on any atom is 0.224 e. The molecule has 112 valence electrons. The maximum atomic E-state index is 11.7. The molecule has 0 bridgehead atoms. The van der Waals surface area contributed by atoms with Crippen molar-refractivity contribution in [1.29, 1.82) is 0 Å². The van der Waals surface area contributed by atoms with Crippen LogP contribution in [-0.4, -0.2) is 30.7 Å². The molecule has 0 radical (unpaired) electrons. The fourth-order valence-electron chi connectivity index (χ4n) is 1.94. The van der Waals surface area contributed by atoms with Crippen LogP contribution in [0.1, 0.15) is 5.56 Å². The van der Waals surface area contributed by atoms with Crippen molar-refractivity contribution < 1.29 is 14.3 Å². The number of nitrogens with zero attached hydrogens (tertiary/aromatic N) is 1. The van der Waals surface area contributed by atoms with Crippen LogP contribution in [0.4, 0.5) is 0 Å². The fourth-order valence-corrected chi connectivity index (χ4v) is 1.94. The van der Waals surface area contributed by atoms with Gasteiger partial charge in [-0.05, 0) is 35.9 Å². The molecule has 5 heteroatoms. The highest BCUT2D eigenvalue weighted by molar-refractivity contribution is 5.78. The number of carbonyl (C=O) groups is 1. The van der Waals surface area contributed by atoms with E-state index in [2.05, 4.69) is 5.32 Å². The van der Waals surface area contributed by atoms with Crippen molar-refractivity contribution in [3.63, 3.8) is 0 Å². The lowest BCUT2D eigenvalue weighted by atomic mass is 10.2. The molecule has 5 nitrogen and oxygen atoms in total. The van der Waals surface area contributed by atoms with Crippen LogP contribution in [0.3, 0.4) is 0 Å². The Morgan fingerprint density at radius 1 is 1.19 bits per heavy atom. The molecule has 0 unspecified atom stereocenters. The van der Waals surface area contributed by atoms with E-state index in [0.717, 1.165) is 17.1 Å². The lowest BCUT2D eigenvalue weighted by Crippen LogP contribution is -2.29. The van der Waals surface area contributed by atoms with E-state index in [1.165, 1.54) is 0 Å². The highest BCUT2D eigenvalue weighted by Crippen LogP contribution is 2.16. The predicted octanol–water partition coefficient (Wildman–Crippen LogP) is 1.77. The molecular formula is C16H20N2O3. The van der Waals surface area contributed by atoms with Gasteiger partial charge in [0.25, 0.3) is 0 Å². The maximum absolute atomic E-state index is 11.7. The lowest BCUT2D eigenvalue weighted by Gasteiger charge is -2.08. The molecule has 0 atom stereocenters. The van der Waals surface area contributed by atoms with Crippen molar-refractivity contribution in [2.24, 2.45) is 7.05 Å². The van der Waals surface area contributed by atoms with Gasteiger partial charge in [0.05, 0.1) is 20.1 Å². The number of carbonyl (C=O) groups excluding carboxylic acids is 1. The molecule has 0 fully saturated rings. The summed E-state index contributed by atoms with van der Waals surface area (Å²) in [6, 6.07) is 9.29. The van der Waals surface area contributed by atoms with E-state index in [0.29, 0.717) is 19.6 Å². The number of benzene rings is 1. The molecule has 0 spiro atoms. The Balaban J connectivity index is 1.65. The third-order valence-electron chi connectivity index (χ3n) is 3.01. The van der Waals surface area contributed by atoms with Gasteiger partial charge in [-0.25, -0.2) is 0 Å². The molecule has 1 N–H and O–H groups in total. The van der Waals surface area contributed by atoms with Crippen molar-refractivity contribution in [2.75, 3.05) is 20.3 Å². The number of aryl methyl sites for hydroxylation is 1. The molecule has 0 aliphatic heterocycles. The van der Waals surface area contributed by atoms with Crippen LogP contribution >= 0.6 is 0 Å². The summed E-state index contributed by atoms with van der Waals surface area (Å²) in [7, 11) is 3.56. The van der Waals surface area contributed by atoms with E-state index in [9.17, 15) is 4.79 Å². The predicted molar refractivity (Wildman–Crippen MR) is 80.6 cm³/mol. The number of nitrogens with one attached hydrogen (secondary N) is 1. The van der Waals surface area contributed by atoms with Crippen molar-refractivity contribution in [2.45, 2.75) is 6.42 Å². The number of rotatable bonds is 7. The Morgan fingerprint density at radius 2 is 1.90 bits per heavy atom. The summed E-state index contributed by atoms with van der Waals surface area (Å²) < 4.78 is 12.5. The summed E-state index contributed by atoms with van der Waals surface area (Å²) >= 11 is 0. The van der Waals surface area contributed by atoms with Gasteiger partial charge in [0.2, 0.25) is 5.91 Å². The number of hydrogen-bond donors (Lipinski definition) is 1. The Hall–Kier alpha value is -2.43. The number of aromatic nitrogens is 1. The minimum Gasteiger partial charge on any atom is -0.497 e. The average molecular weight is 288 g/mol. The van der Waals surface area contributed by atoms with Crippen LogP contribution in [0.2, 0.25) is 0 Å². The first kappa shape index (κ1) is 15.0. The van der Waals surface area contributed by atoms with Gasteiger partial charge in [-0.1, -0.05) is 0 Å². The topological polar surface area (TPSA) is 52.5 Å². The number of ether oxygens (including phenoxy) is 2. The minimum absolute atomic E-state index is 0.000434. The van der Waals surface area contributed by atoms with Gasteiger partial charge in [0.1, 0.15) is 18.1 Å². The Bertz CT molecular complexity index is 575. The molecule has 0 saturated heterocycles. The highest BCUT2D eigenvalue weighted by Gasteiger charge is 2.03. The zero-order valence-corrected chi connectivity index (χ0v) is 12.3. The van der Waals surface area contributed by atoms with Gasteiger partial charge in [0, 0.05) is 19.4 Å². The van der Waals surface area contributed by atoms with Crippen molar-refractivity contribution in [3.8, 4) is 11.5 Å². The van der Waals surface area contributed by atoms with Gasteiger partial charge in [-0.3, -0.25) is 4.79 Å². The largest absolute Gasteiger partial charge is 0.497 e. The monoisotopic (exact) mass is 288 g/mol. The first-order valence-corrected chi connectivity index (χ1v) is 6.82. The molecule has 1 amide bonds. The summed E-state index contributed by atoms with van der Waals surface area (Å²) in [5.74, 6) is 1.55. The first-order chi connectivity index (χ1) is 10.2. The third kappa shape index (κ3) is 4.87. The lowest BCUT2D eigenvalue weighted by molar-refractivity contribution is -0.120. The van der Waals surface area contributed by atoms with Crippen LogP contribution in [0, 0.1) is 0 Å². The number of hydrogen-bond acceptors (Lipinski definition) is 3. The normalized spacial score (nSPS) is 10.2. The zero-order chi connectivity index (χ0) is 15.1. The standard InChI is InChI=1S/C16H20N2O3/c1-18-9-7-13(12-18)11-16(19)17-8-10-21-15-5-3-14(20-2)4-6-15/h3-7,9,12H,8,10-11H2,1-2H3,(H,17,19). The second-order valence-corrected chi connectivity index (χ2v) is 4.74. The molecule has 0 aliphatic carbocycles. The summed E-state index contributed by atoms with van der Waals surface area (Å²) in [4.78, 5) is 11.7. The number of amides is 1. The Kier molecular flexibility index (Phi) is 5.26. The van der Waals surface area contributed by atoms with Gasteiger partial charge >= 0.3 is 0 Å². The summed E-state index contributed by atoms with van der Waals surface area (Å²) in [5, 5.41) is 2.84. The number of methoxy groups -OCH3 is 1. The Labute approximate surface area is 124 Å². The van der Waals surface area contributed by atoms with E-state index in [1.807, 2.05) is 54.3 Å². The highest BCUT2D eigenvalue weighted by atomic mass is 16.5. The zero-order valence-electron chi connectivity index (χ0n) is 12.3. The first-order valence-electron chi connectivity index (χ1n) is 6.82. The second-order valence-electron chi connectivity index (χ2n) is 4.74. The molecular weight excluding hydrogens is 268 g/mol. The van der Waals surface area contributed by atoms with Crippen LogP contribution in [0.25, 0.3) is 0 Å². The molecule has 2 rings (SSSR count). The van der Waals surface area contributed by atoms with E-state index < -0.39 is 0 Å². The summed E-state index contributed by atoms with van der Waals surface area (Å²) in [6.07, 6.45) is 4.26. The van der Waals surface area contributed by atoms with Crippen LogP contribution in [0.5, 0.6) is 11.5 Å². The molecule has 1 aromatic heterocycles. The summed E-state index contributed by atoms with van der Waals surface area (Å²) in [6.45, 7) is 0.921. The fraction of sp³-hybridized carbons (Fsp3) is 0.312. The van der Waals surface area contributed by atoms with E-state index >= 15 is 0 Å².